The minimum absolute atomic E-state index is 0.0156. The van der Waals surface area contributed by atoms with E-state index in [0.29, 0.717) is 12.5 Å². The molecule has 1 aromatic heterocycles. The molecule has 0 radical (unpaired) electrons. The number of anilines is 1. The molecule has 0 spiro atoms. The molecule has 1 unspecified atom stereocenters. The lowest BCUT2D eigenvalue weighted by molar-refractivity contribution is 0.194. The molecule has 1 fully saturated rings. The van der Waals surface area contributed by atoms with Crippen molar-refractivity contribution in [1.82, 2.24) is 4.57 Å². The predicted octanol–water partition coefficient (Wildman–Crippen LogP) is 2.50. The molecule has 4 heteroatoms. The highest BCUT2D eigenvalue weighted by Crippen LogP contribution is 2.26. The molecular formula is C17H20N2O2. The summed E-state index contributed by atoms with van der Waals surface area (Å²) < 4.78 is 7.02. The Morgan fingerprint density at radius 2 is 2.05 bits per heavy atom. The van der Waals surface area contributed by atoms with Gasteiger partial charge in [-0.2, -0.15) is 0 Å². The van der Waals surface area contributed by atoms with Crippen LogP contribution in [0.5, 0.6) is 0 Å². The van der Waals surface area contributed by atoms with E-state index in [2.05, 4.69) is 29.6 Å². The van der Waals surface area contributed by atoms with E-state index in [-0.39, 0.29) is 5.56 Å². The summed E-state index contributed by atoms with van der Waals surface area (Å²) in [6.07, 6.45) is 2.98. The summed E-state index contributed by atoms with van der Waals surface area (Å²) in [5.74, 6) is 0.544. The van der Waals surface area contributed by atoms with Crippen LogP contribution < -0.4 is 10.9 Å². The van der Waals surface area contributed by atoms with E-state index < -0.39 is 0 Å². The van der Waals surface area contributed by atoms with Gasteiger partial charge in [-0.05, 0) is 29.7 Å². The predicted molar refractivity (Wildman–Crippen MR) is 83.6 cm³/mol. The fourth-order valence-corrected chi connectivity index (χ4v) is 2.63. The standard InChI is InChI=1S/C17H20N2O2/c1-19-11-13(2-7-17(19)20)10-18-16-5-3-14(4-6-16)15-8-9-21-12-15/h2-7,11,15,18H,8-10,12H2,1H3. The van der Waals surface area contributed by atoms with Gasteiger partial charge < -0.3 is 14.6 Å². The van der Waals surface area contributed by atoms with Crippen LogP contribution in [0.3, 0.4) is 0 Å². The number of benzene rings is 1. The Morgan fingerprint density at radius 3 is 2.71 bits per heavy atom. The van der Waals surface area contributed by atoms with Crippen LogP contribution in [0.2, 0.25) is 0 Å². The van der Waals surface area contributed by atoms with Gasteiger partial charge in [-0.3, -0.25) is 4.79 Å². The summed E-state index contributed by atoms with van der Waals surface area (Å²) in [7, 11) is 1.77. The second-order valence-corrected chi connectivity index (χ2v) is 5.52. The van der Waals surface area contributed by atoms with Crippen LogP contribution in [0.25, 0.3) is 0 Å². The van der Waals surface area contributed by atoms with E-state index in [4.69, 9.17) is 4.74 Å². The molecule has 0 aliphatic carbocycles. The lowest BCUT2D eigenvalue weighted by atomic mass is 9.98. The third-order valence-corrected chi connectivity index (χ3v) is 3.96. The van der Waals surface area contributed by atoms with E-state index in [0.717, 1.165) is 30.9 Å². The van der Waals surface area contributed by atoms with E-state index in [1.165, 1.54) is 5.56 Å². The van der Waals surface area contributed by atoms with Crippen LogP contribution in [0.4, 0.5) is 5.69 Å². The van der Waals surface area contributed by atoms with Crippen molar-refractivity contribution in [1.29, 1.82) is 0 Å². The first-order valence-electron chi connectivity index (χ1n) is 7.29. The van der Waals surface area contributed by atoms with E-state index in [1.807, 2.05) is 12.3 Å². The number of nitrogens with zero attached hydrogens (tertiary/aromatic N) is 1. The number of aromatic nitrogens is 1. The molecule has 1 aliphatic heterocycles. The number of hydrogen-bond acceptors (Lipinski definition) is 3. The molecule has 1 aromatic carbocycles. The zero-order valence-electron chi connectivity index (χ0n) is 12.2. The van der Waals surface area contributed by atoms with Gasteiger partial charge in [-0.15, -0.1) is 0 Å². The van der Waals surface area contributed by atoms with E-state index >= 15 is 0 Å². The van der Waals surface area contributed by atoms with Gasteiger partial charge in [0, 0.05) is 44.1 Å². The van der Waals surface area contributed by atoms with Gasteiger partial charge in [0.05, 0.1) is 6.61 Å². The van der Waals surface area contributed by atoms with E-state index in [1.54, 1.807) is 17.7 Å². The number of pyridine rings is 1. The summed E-state index contributed by atoms with van der Waals surface area (Å²) in [5, 5.41) is 3.38. The highest BCUT2D eigenvalue weighted by molar-refractivity contribution is 5.45. The first-order valence-corrected chi connectivity index (χ1v) is 7.29. The molecule has 1 atom stereocenters. The molecule has 0 bridgehead atoms. The zero-order valence-corrected chi connectivity index (χ0v) is 12.2. The second kappa shape index (κ2) is 6.14. The van der Waals surface area contributed by atoms with Crippen LogP contribution in [-0.2, 0) is 18.3 Å². The summed E-state index contributed by atoms with van der Waals surface area (Å²) >= 11 is 0. The number of nitrogens with one attached hydrogen (secondary N) is 1. The second-order valence-electron chi connectivity index (χ2n) is 5.52. The number of hydrogen-bond donors (Lipinski definition) is 1. The molecule has 3 rings (SSSR count). The van der Waals surface area contributed by atoms with Gasteiger partial charge in [-0.1, -0.05) is 18.2 Å². The number of aryl methyl sites for hydroxylation is 1. The fourth-order valence-electron chi connectivity index (χ4n) is 2.63. The van der Waals surface area contributed by atoms with Crippen molar-refractivity contribution in [2.24, 2.45) is 7.05 Å². The van der Waals surface area contributed by atoms with Crippen molar-refractivity contribution < 1.29 is 4.74 Å². The maximum Gasteiger partial charge on any atom is 0.250 e. The Morgan fingerprint density at radius 1 is 1.24 bits per heavy atom. The first kappa shape index (κ1) is 13.9. The maximum absolute atomic E-state index is 11.3. The Bertz CT molecular complexity index is 655. The largest absolute Gasteiger partial charge is 0.381 e. The van der Waals surface area contributed by atoms with Gasteiger partial charge in [0.1, 0.15) is 0 Å². The Hall–Kier alpha value is -2.07. The molecule has 1 saturated heterocycles. The first-order chi connectivity index (χ1) is 10.2. The lowest BCUT2D eigenvalue weighted by Crippen LogP contribution is -2.15. The van der Waals surface area contributed by atoms with Crippen molar-refractivity contribution in [3.63, 3.8) is 0 Å². The summed E-state index contributed by atoms with van der Waals surface area (Å²) in [5.41, 5.74) is 3.54. The van der Waals surface area contributed by atoms with Crippen molar-refractivity contribution in [3.8, 4) is 0 Å². The third kappa shape index (κ3) is 3.34. The van der Waals surface area contributed by atoms with Crippen LogP contribution in [-0.4, -0.2) is 17.8 Å². The van der Waals surface area contributed by atoms with E-state index in [9.17, 15) is 4.79 Å². The molecule has 2 heterocycles. The Kier molecular flexibility index (Phi) is 4.06. The molecule has 110 valence electrons. The normalized spacial score (nSPS) is 17.9. The summed E-state index contributed by atoms with van der Waals surface area (Å²) in [4.78, 5) is 11.3. The highest BCUT2D eigenvalue weighted by atomic mass is 16.5. The van der Waals surface area contributed by atoms with Crippen molar-refractivity contribution in [2.75, 3.05) is 18.5 Å². The molecule has 0 amide bonds. The lowest BCUT2D eigenvalue weighted by Gasteiger charge is -2.11. The van der Waals surface area contributed by atoms with Gasteiger partial charge in [-0.25, -0.2) is 0 Å². The molecule has 2 aromatic rings. The van der Waals surface area contributed by atoms with Gasteiger partial charge in [0.15, 0.2) is 0 Å². The van der Waals surface area contributed by atoms with Gasteiger partial charge >= 0.3 is 0 Å². The average molecular weight is 284 g/mol. The Labute approximate surface area is 124 Å². The quantitative estimate of drug-likeness (QED) is 0.938. The Balaban J connectivity index is 1.62. The smallest absolute Gasteiger partial charge is 0.250 e. The van der Waals surface area contributed by atoms with Gasteiger partial charge in [0.25, 0.3) is 0 Å². The van der Waals surface area contributed by atoms with Crippen molar-refractivity contribution >= 4 is 5.69 Å². The van der Waals surface area contributed by atoms with Gasteiger partial charge in [0.2, 0.25) is 5.56 Å². The zero-order chi connectivity index (χ0) is 14.7. The van der Waals surface area contributed by atoms with Crippen LogP contribution in [0, 0.1) is 0 Å². The molecular weight excluding hydrogens is 264 g/mol. The maximum atomic E-state index is 11.3. The van der Waals surface area contributed by atoms with Crippen LogP contribution in [0.1, 0.15) is 23.5 Å². The number of rotatable bonds is 4. The van der Waals surface area contributed by atoms with Crippen molar-refractivity contribution in [3.05, 3.63) is 64.1 Å². The molecule has 4 nitrogen and oxygen atoms in total. The van der Waals surface area contributed by atoms with Crippen LogP contribution >= 0.6 is 0 Å². The summed E-state index contributed by atoms with van der Waals surface area (Å²) in [6, 6.07) is 12.0. The fraction of sp³-hybridized carbons (Fsp3) is 0.353. The minimum Gasteiger partial charge on any atom is -0.381 e. The minimum atomic E-state index is 0.0156. The molecule has 1 aliphatic rings. The van der Waals surface area contributed by atoms with Crippen molar-refractivity contribution in [2.45, 2.75) is 18.9 Å². The van der Waals surface area contributed by atoms with Crippen LogP contribution in [0.15, 0.2) is 47.4 Å². The highest BCUT2D eigenvalue weighted by Gasteiger charge is 2.17. The molecule has 21 heavy (non-hydrogen) atoms. The third-order valence-electron chi connectivity index (χ3n) is 3.96. The SMILES string of the molecule is Cn1cc(CNc2ccc(C3CCOC3)cc2)ccc1=O. The number of ether oxygens (including phenoxy) is 1. The average Bonchev–Trinajstić information content (AvgIpc) is 3.03. The topological polar surface area (TPSA) is 43.3 Å². The molecule has 1 N–H and O–H groups in total. The molecule has 0 saturated carbocycles. The monoisotopic (exact) mass is 284 g/mol. The summed E-state index contributed by atoms with van der Waals surface area (Å²) in [6.45, 7) is 2.42.